The van der Waals surface area contributed by atoms with Gasteiger partial charge in [-0.05, 0) is 79.1 Å². The molecule has 3 fully saturated rings. The number of rotatable bonds is 5. The molecule has 0 saturated carbocycles. The fourth-order valence-electron chi connectivity index (χ4n) is 5.13. The number of hydrogen-bond acceptors (Lipinski definition) is 4. The van der Waals surface area contributed by atoms with Crippen LogP contribution in [0.1, 0.15) is 36.4 Å². The molecule has 164 valence electrons. The van der Waals surface area contributed by atoms with Crippen molar-refractivity contribution in [3.05, 3.63) is 53.6 Å². The fourth-order valence-corrected chi connectivity index (χ4v) is 5.13. The average Bonchev–Trinajstić information content (AvgIpc) is 3.16. The van der Waals surface area contributed by atoms with Gasteiger partial charge in [-0.25, -0.2) is 4.79 Å². The van der Waals surface area contributed by atoms with Crippen molar-refractivity contribution in [3.63, 3.8) is 0 Å². The van der Waals surface area contributed by atoms with E-state index in [9.17, 15) is 13.6 Å². The Kier molecular flexibility index (Phi) is 5.52. The van der Waals surface area contributed by atoms with Gasteiger partial charge in [-0.15, -0.1) is 0 Å². The second kappa shape index (κ2) is 8.46. The van der Waals surface area contributed by atoms with Gasteiger partial charge in [-0.2, -0.15) is 8.78 Å². The normalized spacial score (nSPS) is 26.5. The van der Waals surface area contributed by atoms with Crippen LogP contribution in [0.2, 0.25) is 0 Å². The Morgan fingerprint density at radius 2 is 1.77 bits per heavy atom. The maximum Gasteiger partial charge on any atom is 0.407 e. The first-order valence-corrected chi connectivity index (χ1v) is 10.9. The van der Waals surface area contributed by atoms with Crippen molar-refractivity contribution in [2.75, 3.05) is 19.6 Å². The molecule has 1 N–H and O–H groups in total. The van der Waals surface area contributed by atoms with Gasteiger partial charge in [0.15, 0.2) is 0 Å². The van der Waals surface area contributed by atoms with Crippen LogP contribution in [-0.2, 0) is 11.2 Å². The zero-order valence-electron chi connectivity index (χ0n) is 17.2. The van der Waals surface area contributed by atoms with Crippen LogP contribution in [0.25, 0.3) is 11.1 Å². The van der Waals surface area contributed by atoms with Crippen molar-refractivity contribution >= 4 is 6.09 Å². The number of amides is 1. The molecule has 1 aliphatic carbocycles. The van der Waals surface area contributed by atoms with Gasteiger partial charge in [-0.1, -0.05) is 30.3 Å². The molecule has 7 heteroatoms. The molecule has 0 spiro atoms. The lowest BCUT2D eigenvalue weighted by Gasteiger charge is -2.43. The van der Waals surface area contributed by atoms with Gasteiger partial charge >= 0.3 is 12.7 Å². The number of halogens is 2. The molecule has 1 amide bonds. The van der Waals surface area contributed by atoms with E-state index in [0.717, 1.165) is 62.0 Å². The monoisotopic (exact) mass is 428 g/mol. The molecule has 2 aromatic rings. The second-order valence-electron chi connectivity index (χ2n) is 8.63. The minimum atomic E-state index is -2.83. The van der Waals surface area contributed by atoms with E-state index in [4.69, 9.17) is 4.74 Å². The third-order valence-corrected chi connectivity index (χ3v) is 6.78. The number of alkyl halides is 2. The van der Waals surface area contributed by atoms with Gasteiger partial charge in [-0.3, -0.25) is 4.90 Å². The lowest BCUT2D eigenvalue weighted by Crippen LogP contribution is -2.52. The third kappa shape index (κ3) is 4.37. The van der Waals surface area contributed by atoms with Crippen LogP contribution in [0.5, 0.6) is 5.75 Å². The molecule has 0 radical (unpaired) electrons. The molecule has 4 aliphatic rings. The van der Waals surface area contributed by atoms with E-state index >= 15 is 0 Å². The maximum absolute atomic E-state index is 12.5. The Morgan fingerprint density at radius 1 is 1.03 bits per heavy atom. The fraction of sp³-hybridized carbons (Fsp3) is 0.458. The molecule has 31 heavy (non-hydrogen) atoms. The Labute approximate surface area is 180 Å². The van der Waals surface area contributed by atoms with Crippen LogP contribution in [-0.4, -0.2) is 43.3 Å². The van der Waals surface area contributed by atoms with Gasteiger partial charge < -0.3 is 14.8 Å². The van der Waals surface area contributed by atoms with Crippen molar-refractivity contribution in [1.29, 1.82) is 0 Å². The van der Waals surface area contributed by atoms with Gasteiger partial charge in [0, 0.05) is 6.54 Å². The van der Waals surface area contributed by atoms with Gasteiger partial charge in [0.25, 0.3) is 0 Å². The van der Waals surface area contributed by atoms with Gasteiger partial charge in [0.1, 0.15) is 11.9 Å². The van der Waals surface area contributed by atoms with E-state index in [0.29, 0.717) is 5.92 Å². The molecular formula is C24H26F2N2O3. The summed E-state index contributed by atoms with van der Waals surface area (Å²) in [5.74, 6) is 0.636. The summed E-state index contributed by atoms with van der Waals surface area (Å²) in [5.41, 5.74) is 4.26. The van der Waals surface area contributed by atoms with Crippen LogP contribution >= 0.6 is 0 Å². The standard InChI is InChI=1S/C24H26F2N2O3/c25-23(26)30-19-5-1-15(2-6-19)17-3-7-20-18(13-17)4-8-21(20)27-24(29)31-22-14-28-11-9-16(22)10-12-28/h1-3,5-7,13,16,21-23H,4,8-12,14H2,(H,27,29)/t21?,22-/m1/s1. The summed E-state index contributed by atoms with van der Waals surface area (Å²) >= 11 is 0. The SMILES string of the molecule is O=C(NC1CCc2cc(-c3ccc(OC(F)F)cc3)ccc21)O[C@@H]1CN2CCC1CC2. The van der Waals surface area contributed by atoms with Gasteiger partial charge in [0.05, 0.1) is 6.04 Å². The number of ether oxygens (including phenoxy) is 2. The first-order valence-electron chi connectivity index (χ1n) is 10.9. The topological polar surface area (TPSA) is 50.8 Å². The first kappa shape index (κ1) is 20.2. The molecule has 2 atom stereocenters. The highest BCUT2D eigenvalue weighted by Crippen LogP contribution is 2.35. The molecule has 5 nitrogen and oxygen atoms in total. The highest BCUT2D eigenvalue weighted by atomic mass is 19.3. The Morgan fingerprint density at radius 3 is 2.45 bits per heavy atom. The second-order valence-corrected chi connectivity index (χ2v) is 8.63. The number of nitrogens with zero attached hydrogens (tertiary/aromatic N) is 1. The molecule has 3 saturated heterocycles. The number of alkyl carbamates (subject to hydrolysis) is 1. The number of aryl methyl sites for hydroxylation is 1. The largest absolute Gasteiger partial charge is 0.445 e. The van der Waals surface area contributed by atoms with Crippen LogP contribution < -0.4 is 10.1 Å². The predicted molar refractivity (Wildman–Crippen MR) is 112 cm³/mol. The van der Waals surface area contributed by atoms with Crippen molar-refractivity contribution in [2.45, 2.75) is 44.4 Å². The highest BCUT2D eigenvalue weighted by molar-refractivity contribution is 5.70. The number of hydrogen-bond donors (Lipinski definition) is 1. The number of carbonyl (C=O) groups is 1. The molecular weight excluding hydrogens is 402 g/mol. The zero-order chi connectivity index (χ0) is 21.4. The maximum atomic E-state index is 12.5. The van der Waals surface area contributed by atoms with Gasteiger partial charge in [0.2, 0.25) is 0 Å². The molecule has 0 aromatic heterocycles. The number of piperidine rings is 3. The minimum Gasteiger partial charge on any atom is -0.445 e. The summed E-state index contributed by atoms with van der Waals surface area (Å²) in [5, 5.41) is 3.06. The van der Waals surface area contributed by atoms with E-state index in [1.165, 1.54) is 5.56 Å². The van der Waals surface area contributed by atoms with Crippen molar-refractivity contribution in [2.24, 2.45) is 5.92 Å². The number of benzene rings is 2. The van der Waals surface area contributed by atoms with E-state index in [1.807, 2.05) is 12.1 Å². The van der Waals surface area contributed by atoms with E-state index in [2.05, 4.69) is 21.0 Å². The van der Waals surface area contributed by atoms with E-state index < -0.39 is 6.61 Å². The third-order valence-electron chi connectivity index (χ3n) is 6.78. The van der Waals surface area contributed by atoms with Crippen molar-refractivity contribution in [1.82, 2.24) is 10.2 Å². The van der Waals surface area contributed by atoms with E-state index in [1.54, 1.807) is 24.3 Å². The van der Waals surface area contributed by atoms with Crippen LogP contribution in [0.3, 0.4) is 0 Å². The van der Waals surface area contributed by atoms with E-state index in [-0.39, 0.29) is 24.0 Å². The predicted octanol–water partition coefficient (Wildman–Crippen LogP) is 4.76. The first-order chi connectivity index (χ1) is 15.0. The molecule has 6 rings (SSSR count). The molecule has 2 aromatic carbocycles. The molecule has 3 aliphatic heterocycles. The summed E-state index contributed by atoms with van der Waals surface area (Å²) in [6, 6.07) is 12.7. The number of nitrogens with one attached hydrogen (secondary N) is 1. The summed E-state index contributed by atoms with van der Waals surface area (Å²) in [7, 11) is 0. The Hall–Kier alpha value is -2.67. The Balaban J connectivity index is 1.22. The summed E-state index contributed by atoms with van der Waals surface area (Å²) < 4.78 is 34.8. The zero-order valence-corrected chi connectivity index (χ0v) is 17.2. The highest BCUT2D eigenvalue weighted by Gasteiger charge is 2.37. The van der Waals surface area contributed by atoms with Crippen LogP contribution in [0.4, 0.5) is 13.6 Å². The summed E-state index contributed by atoms with van der Waals surface area (Å²) in [4.78, 5) is 14.9. The number of carbonyl (C=O) groups excluding carboxylic acids is 1. The lowest BCUT2D eigenvalue weighted by atomic mass is 9.86. The molecule has 1 unspecified atom stereocenters. The van der Waals surface area contributed by atoms with Crippen LogP contribution in [0.15, 0.2) is 42.5 Å². The minimum absolute atomic E-state index is 0.00257. The molecule has 3 heterocycles. The quantitative estimate of drug-likeness (QED) is 0.746. The Bertz CT molecular complexity index is 942. The van der Waals surface area contributed by atoms with Crippen molar-refractivity contribution < 1.29 is 23.0 Å². The smallest absolute Gasteiger partial charge is 0.407 e. The lowest BCUT2D eigenvalue weighted by molar-refractivity contribution is -0.0498. The van der Waals surface area contributed by atoms with Crippen molar-refractivity contribution in [3.8, 4) is 16.9 Å². The van der Waals surface area contributed by atoms with Crippen LogP contribution in [0, 0.1) is 5.92 Å². The summed E-state index contributed by atoms with van der Waals surface area (Å²) in [6.07, 6.45) is 3.62. The molecule has 2 bridgehead atoms. The average molecular weight is 428 g/mol. The number of fused-ring (bicyclic) bond motifs is 4. The summed E-state index contributed by atoms with van der Waals surface area (Å²) in [6.45, 7) is 0.260.